The molecule has 0 atom stereocenters. The highest BCUT2D eigenvalue weighted by Crippen LogP contribution is 2.06. The van der Waals surface area contributed by atoms with Gasteiger partial charge in [-0.25, -0.2) is 0 Å². The Bertz CT molecular complexity index is 54.9. The van der Waals surface area contributed by atoms with Crippen molar-refractivity contribution >= 4 is 0 Å². The van der Waals surface area contributed by atoms with Gasteiger partial charge in [0.05, 0.1) is 13.2 Å². The highest BCUT2D eigenvalue weighted by atomic mass is 16.6. The van der Waals surface area contributed by atoms with E-state index >= 15 is 0 Å². The van der Waals surface area contributed by atoms with Crippen LogP contribution in [0.25, 0.3) is 0 Å². The predicted octanol–water partition coefficient (Wildman–Crippen LogP) is 1.98. The second-order valence-electron chi connectivity index (χ2n) is 2.99. The molecular weight excluding hydrogens is 140 g/mol. The van der Waals surface area contributed by atoms with E-state index in [1.165, 1.54) is 32.1 Å². The lowest BCUT2D eigenvalue weighted by molar-refractivity contribution is 0.116. The second-order valence-corrected chi connectivity index (χ2v) is 2.99. The molecule has 2 heteroatoms. The molecule has 0 radical (unpaired) electrons. The third-order valence-electron chi connectivity index (χ3n) is 1.78. The van der Waals surface area contributed by atoms with Gasteiger partial charge >= 0.3 is 0 Å². The zero-order valence-corrected chi connectivity index (χ0v) is 7.18. The molecule has 0 bridgehead atoms. The highest BCUT2D eigenvalue weighted by molar-refractivity contribution is 4.47. The van der Waals surface area contributed by atoms with Gasteiger partial charge in [0.15, 0.2) is 0 Å². The zero-order chi connectivity index (χ0) is 7.78. The average Bonchev–Trinajstić information content (AvgIpc) is 2.67. The van der Waals surface area contributed by atoms with Gasteiger partial charge in [-0.3, -0.25) is 0 Å². The number of rotatable bonds is 0. The molecule has 2 rings (SSSR count). The molecule has 2 aliphatic heterocycles. The molecule has 2 fully saturated rings. The number of ether oxygens (including phenoxy) is 2. The van der Waals surface area contributed by atoms with E-state index in [9.17, 15) is 0 Å². The highest BCUT2D eigenvalue weighted by Gasteiger charge is 1.95. The van der Waals surface area contributed by atoms with Crippen LogP contribution in [0, 0.1) is 0 Å². The molecule has 2 nitrogen and oxygen atoms in total. The molecule has 11 heavy (non-hydrogen) atoms. The van der Waals surface area contributed by atoms with E-state index in [0.29, 0.717) is 0 Å². The molecule has 66 valence electrons. The maximum Gasteiger partial charge on any atom is 0.0701 e. The van der Waals surface area contributed by atoms with Crippen molar-refractivity contribution in [3.63, 3.8) is 0 Å². The lowest BCUT2D eigenvalue weighted by Gasteiger charge is -2.07. The maximum atomic E-state index is 5.27. The summed E-state index contributed by atoms with van der Waals surface area (Å²) in [4.78, 5) is 0. The molecule has 0 spiro atoms. The topological polar surface area (TPSA) is 21.8 Å². The average molecular weight is 158 g/mol. The van der Waals surface area contributed by atoms with Gasteiger partial charge in [0.2, 0.25) is 0 Å². The van der Waals surface area contributed by atoms with E-state index in [1.54, 1.807) is 0 Å². The number of hydrogen-bond donors (Lipinski definition) is 0. The van der Waals surface area contributed by atoms with E-state index in [1.807, 2.05) is 0 Å². The first kappa shape index (κ1) is 9.01. The van der Waals surface area contributed by atoms with Gasteiger partial charge < -0.3 is 9.47 Å². The number of epoxide rings is 1. The van der Waals surface area contributed by atoms with Gasteiger partial charge in [-0.1, -0.05) is 19.3 Å². The normalized spacial score (nSPS) is 24.0. The van der Waals surface area contributed by atoms with Gasteiger partial charge in [-0.05, 0) is 12.8 Å². The number of hydrogen-bond acceptors (Lipinski definition) is 2. The molecule has 0 N–H and O–H groups in total. The minimum Gasteiger partial charge on any atom is -0.381 e. The SMILES string of the molecule is C1CCCOCCC1.C1CO1. The van der Waals surface area contributed by atoms with Crippen molar-refractivity contribution < 1.29 is 9.47 Å². The summed E-state index contributed by atoms with van der Waals surface area (Å²) >= 11 is 0. The van der Waals surface area contributed by atoms with Crippen LogP contribution in [0.15, 0.2) is 0 Å². The Labute approximate surface area is 68.9 Å². The van der Waals surface area contributed by atoms with Crippen molar-refractivity contribution in [2.75, 3.05) is 26.4 Å². The molecule has 0 unspecified atom stereocenters. The van der Waals surface area contributed by atoms with Gasteiger partial charge in [0, 0.05) is 13.2 Å². The molecule has 0 aromatic rings. The first-order valence-electron chi connectivity index (χ1n) is 4.65. The van der Waals surface area contributed by atoms with E-state index in [2.05, 4.69) is 4.74 Å². The van der Waals surface area contributed by atoms with Crippen molar-refractivity contribution in [1.29, 1.82) is 0 Å². The van der Waals surface area contributed by atoms with E-state index in [0.717, 1.165) is 26.4 Å². The summed E-state index contributed by atoms with van der Waals surface area (Å²) in [5.74, 6) is 0. The minimum absolute atomic E-state index is 1.00. The van der Waals surface area contributed by atoms with Crippen LogP contribution in [0.3, 0.4) is 0 Å². The Morgan fingerprint density at radius 1 is 0.455 bits per heavy atom. The summed E-state index contributed by atoms with van der Waals surface area (Å²) in [7, 11) is 0. The largest absolute Gasteiger partial charge is 0.381 e. The molecular formula is C9H18O2. The van der Waals surface area contributed by atoms with Crippen LogP contribution >= 0.6 is 0 Å². The second kappa shape index (κ2) is 6.62. The van der Waals surface area contributed by atoms with Gasteiger partial charge in [0.1, 0.15) is 0 Å². The standard InChI is InChI=1S/C7H14O.C2H4O/c1-2-4-6-8-7-5-3-1;1-2-3-1/h1-7H2;1-2H2. The van der Waals surface area contributed by atoms with Crippen molar-refractivity contribution in [2.24, 2.45) is 0 Å². The summed E-state index contributed by atoms with van der Waals surface area (Å²) in [5.41, 5.74) is 0. The summed E-state index contributed by atoms with van der Waals surface area (Å²) in [5, 5.41) is 0. The Balaban J connectivity index is 0.000000167. The van der Waals surface area contributed by atoms with E-state index in [4.69, 9.17) is 4.74 Å². The summed E-state index contributed by atoms with van der Waals surface area (Å²) < 4.78 is 9.77. The monoisotopic (exact) mass is 158 g/mol. The first-order chi connectivity index (χ1) is 5.50. The van der Waals surface area contributed by atoms with Crippen LogP contribution in [0.4, 0.5) is 0 Å². The van der Waals surface area contributed by atoms with Crippen LogP contribution in [-0.4, -0.2) is 26.4 Å². The third kappa shape index (κ3) is 7.82. The Kier molecular flexibility index (Phi) is 5.42. The van der Waals surface area contributed by atoms with Crippen LogP contribution in [0.5, 0.6) is 0 Å². The molecule has 2 saturated heterocycles. The van der Waals surface area contributed by atoms with Crippen molar-refractivity contribution in [3.8, 4) is 0 Å². The summed E-state index contributed by atoms with van der Waals surface area (Å²) in [6, 6.07) is 0. The minimum atomic E-state index is 1.00. The van der Waals surface area contributed by atoms with E-state index in [-0.39, 0.29) is 0 Å². The predicted molar refractivity (Wildman–Crippen MR) is 44.7 cm³/mol. The molecule has 0 amide bonds. The van der Waals surface area contributed by atoms with Gasteiger partial charge in [-0.2, -0.15) is 0 Å². The van der Waals surface area contributed by atoms with Crippen LogP contribution < -0.4 is 0 Å². The molecule has 0 aromatic heterocycles. The van der Waals surface area contributed by atoms with Crippen molar-refractivity contribution in [2.45, 2.75) is 32.1 Å². The smallest absolute Gasteiger partial charge is 0.0701 e. The summed E-state index contributed by atoms with van der Waals surface area (Å²) in [6.07, 6.45) is 6.73. The van der Waals surface area contributed by atoms with Gasteiger partial charge in [-0.15, -0.1) is 0 Å². The summed E-state index contributed by atoms with van der Waals surface area (Å²) in [6.45, 7) is 4.00. The Hall–Kier alpha value is -0.0800. The quantitative estimate of drug-likeness (QED) is 0.503. The molecule has 2 aliphatic rings. The molecule has 0 saturated carbocycles. The zero-order valence-electron chi connectivity index (χ0n) is 7.18. The van der Waals surface area contributed by atoms with Crippen molar-refractivity contribution in [3.05, 3.63) is 0 Å². The maximum absolute atomic E-state index is 5.27. The Morgan fingerprint density at radius 2 is 0.909 bits per heavy atom. The van der Waals surface area contributed by atoms with Crippen LogP contribution in [-0.2, 0) is 9.47 Å². The lowest BCUT2D eigenvalue weighted by atomic mass is 10.1. The Morgan fingerprint density at radius 3 is 1.36 bits per heavy atom. The fourth-order valence-electron chi connectivity index (χ4n) is 1.04. The van der Waals surface area contributed by atoms with Crippen molar-refractivity contribution in [1.82, 2.24) is 0 Å². The molecule has 0 aliphatic carbocycles. The van der Waals surface area contributed by atoms with E-state index < -0.39 is 0 Å². The van der Waals surface area contributed by atoms with Gasteiger partial charge in [0.25, 0.3) is 0 Å². The fourth-order valence-corrected chi connectivity index (χ4v) is 1.04. The lowest BCUT2D eigenvalue weighted by Crippen LogP contribution is -2.00. The molecule has 2 heterocycles. The van der Waals surface area contributed by atoms with Crippen LogP contribution in [0.2, 0.25) is 0 Å². The fraction of sp³-hybridized carbons (Fsp3) is 1.00. The third-order valence-corrected chi connectivity index (χ3v) is 1.78. The van der Waals surface area contributed by atoms with Crippen LogP contribution in [0.1, 0.15) is 32.1 Å². The molecule has 0 aromatic carbocycles. The first-order valence-corrected chi connectivity index (χ1v) is 4.65.